The van der Waals surface area contributed by atoms with Crippen LogP contribution in [-0.2, 0) is 9.84 Å². The summed E-state index contributed by atoms with van der Waals surface area (Å²) >= 11 is 0. The predicted octanol–water partition coefficient (Wildman–Crippen LogP) is 3.34. The summed E-state index contributed by atoms with van der Waals surface area (Å²) in [5, 5.41) is 0. The fourth-order valence-corrected chi connectivity index (χ4v) is 3.72. The number of ether oxygens (including phenoxy) is 1. The van der Waals surface area contributed by atoms with Gasteiger partial charge in [-0.3, -0.25) is 0 Å². The Morgan fingerprint density at radius 2 is 1.90 bits per heavy atom. The maximum absolute atomic E-state index is 13.7. The minimum atomic E-state index is -3.65. The molecule has 2 aromatic rings. The molecule has 0 radical (unpaired) electrons. The molecule has 3 rings (SSSR count). The van der Waals surface area contributed by atoms with E-state index in [-0.39, 0.29) is 22.0 Å². The van der Waals surface area contributed by atoms with Gasteiger partial charge in [0.05, 0.1) is 9.80 Å². The third-order valence-corrected chi connectivity index (χ3v) is 5.18. The Balaban J connectivity index is 1.88. The van der Waals surface area contributed by atoms with Crippen LogP contribution in [0.3, 0.4) is 0 Å². The van der Waals surface area contributed by atoms with Gasteiger partial charge in [-0.1, -0.05) is 18.2 Å². The number of hydrogen-bond donors (Lipinski definition) is 0. The molecule has 5 heteroatoms. The van der Waals surface area contributed by atoms with Gasteiger partial charge in [0.1, 0.15) is 18.2 Å². The topological polar surface area (TPSA) is 43.4 Å². The highest BCUT2D eigenvalue weighted by Gasteiger charge is 2.31. The first-order valence-corrected chi connectivity index (χ1v) is 7.90. The summed E-state index contributed by atoms with van der Waals surface area (Å²) in [5.74, 6) is 0.0455. The van der Waals surface area contributed by atoms with Crippen LogP contribution in [-0.4, -0.2) is 15.0 Å². The van der Waals surface area contributed by atoms with Gasteiger partial charge in [-0.05, 0) is 42.8 Å². The zero-order valence-corrected chi connectivity index (χ0v) is 12.2. The van der Waals surface area contributed by atoms with Gasteiger partial charge in [-0.2, -0.15) is 0 Å². The van der Waals surface area contributed by atoms with Crippen LogP contribution in [0.25, 0.3) is 6.08 Å². The molecule has 1 aliphatic rings. The first-order chi connectivity index (χ1) is 9.98. The quantitative estimate of drug-likeness (QED) is 0.873. The second-order valence-electron chi connectivity index (χ2n) is 4.87. The summed E-state index contributed by atoms with van der Waals surface area (Å²) in [7, 11) is -3.65. The highest BCUT2D eigenvalue weighted by atomic mass is 32.2. The first-order valence-electron chi connectivity index (χ1n) is 6.42. The molecule has 0 N–H and O–H groups in total. The van der Waals surface area contributed by atoms with E-state index in [4.69, 9.17) is 4.74 Å². The zero-order chi connectivity index (χ0) is 15.0. The Labute approximate surface area is 122 Å². The molecule has 0 unspecified atom stereocenters. The fourth-order valence-electron chi connectivity index (χ4n) is 2.25. The highest BCUT2D eigenvalue weighted by molar-refractivity contribution is 7.95. The SMILES string of the molecule is Cc1cccc(OCC2=Cc3c(F)cccc3S2(=O)=O)c1. The number of halogens is 1. The van der Waals surface area contributed by atoms with Crippen molar-refractivity contribution in [1.29, 1.82) is 0 Å². The summed E-state index contributed by atoms with van der Waals surface area (Å²) in [5.41, 5.74) is 1.13. The molecule has 0 spiro atoms. The molecule has 108 valence electrons. The molecule has 0 aromatic heterocycles. The standard InChI is InChI=1S/C16H13FO3S/c1-11-4-2-5-12(8-11)20-10-13-9-14-15(17)6-3-7-16(14)21(13,18)19/h2-9H,10H2,1H3. The van der Waals surface area contributed by atoms with Crippen molar-refractivity contribution in [2.75, 3.05) is 6.61 Å². The van der Waals surface area contributed by atoms with Crippen molar-refractivity contribution in [2.45, 2.75) is 11.8 Å². The number of aryl methyl sites for hydroxylation is 1. The van der Waals surface area contributed by atoms with Crippen molar-refractivity contribution in [1.82, 2.24) is 0 Å². The second-order valence-corrected chi connectivity index (χ2v) is 6.84. The van der Waals surface area contributed by atoms with E-state index in [1.54, 1.807) is 6.07 Å². The Kier molecular flexibility index (Phi) is 3.29. The summed E-state index contributed by atoms with van der Waals surface area (Å²) in [6.07, 6.45) is 1.34. The van der Waals surface area contributed by atoms with Gasteiger partial charge in [0, 0.05) is 5.56 Å². The van der Waals surface area contributed by atoms with E-state index in [1.807, 2.05) is 25.1 Å². The number of fused-ring (bicyclic) bond motifs is 1. The fraction of sp³-hybridized carbons (Fsp3) is 0.125. The van der Waals surface area contributed by atoms with Crippen molar-refractivity contribution in [2.24, 2.45) is 0 Å². The molecule has 3 nitrogen and oxygen atoms in total. The maximum atomic E-state index is 13.7. The zero-order valence-electron chi connectivity index (χ0n) is 11.3. The van der Waals surface area contributed by atoms with Gasteiger partial charge in [0.2, 0.25) is 9.84 Å². The van der Waals surface area contributed by atoms with Crippen molar-refractivity contribution in [3.63, 3.8) is 0 Å². The van der Waals surface area contributed by atoms with E-state index in [0.717, 1.165) is 5.56 Å². The molecule has 0 amide bonds. The van der Waals surface area contributed by atoms with Crippen LogP contribution in [0.1, 0.15) is 11.1 Å². The molecule has 21 heavy (non-hydrogen) atoms. The molecule has 2 aromatic carbocycles. The average Bonchev–Trinajstić information content (AvgIpc) is 2.70. The molecule has 0 saturated heterocycles. The molecular weight excluding hydrogens is 291 g/mol. The first kappa shape index (κ1) is 13.8. The van der Waals surface area contributed by atoms with E-state index in [9.17, 15) is 12.8 Å². The molecule has 0 saturated carbocycles. The average molecular weight is 304 g/mol. The van der Waals surface area contributed by atoms with E-state index in [2.05, 4.69) is 0 Å². The van der Waals surface area contributed by atoms with Crippen molar-refractivity contribution < 1.29 is 17.5 Å². The molecule has 1 aliphatic heterocycles. The minimum absolute atomic E-state index is 0.00495. The van der Waals surface area contributed by atoms with Crippen LogP contribution >= 0.6 is 0 Å². The Bertz CT molecular complexity index is 838. The smallest absolute Gasteiger partial charge is 0.206 e. The number of hydrogen-bond acceptors (Lipinski definition) is 3. The summed E-state index contributed by atoms with van der Waals surface area (Å²) in [6.45, 7) is 1.81. The van der Waals surface area contributed by atoms with Crippen LogP contribution in [0.5, 0.6) is 5.75 Å². The second kappa shape index (κ2) is 5.00. The van der Waals surface area contributed by atoms with Crippen LogP contribution in [0.15, 0.2) is 52.3 Å². The molecule has 1 heterocycles. The lowest BCUT2D eigenvalue weighted by Gasteiger charge is -2.07. The van der Waals surface area contributed by atoms with Gasteiger partial charge < -0.3 is 4.74 Å². The monoisotopic (exact) mass is 304 g/mol. The van der Waals surface area contributed by atoms with Crippen LogP contribution in [0.4, 0.5) is 4.39 Å². The van der Waals surface area contributed by atoms with E-state index in [1.165, 1.54) is 24.3 Å². The molecule has 0 fully saturated rings. The molecular formula is C16H13FO3S. The molecule has 0 bridgehead atoms. The highest BCUT2D eigenvalue weighted by Crippen LogP contribution is 2.34. The minimum Gasteiger partial charge on any atom is -0.488 e. The third-order valence-electron chi connectivity index (χ3n) is 3.32. The normalized spacial score (nSPS) is 15.4. The van der Waals surface area contributed by atoms with Gasteiger partial charge >= 0.3 is 0 Å². The van der Waals surface area contributed by atoms with Crippen molar-refractivity contribution in [3.8, 4) is 5.75 Å². The van der Waals surface area contributed by atoms with Gasteiger partial charge in [0.15, 0.2) is 0 Å². The van der Waals surface area contributed by atoms with Crippen LogP contribution in [0.2, 0.25) is 0 Å². The lowest BCUT2D eigenvalue weighted by molar-refractivity contribution is 0.359. The number of benzene rings is 2. The van der Waals surface area contributed by atoms with Crippen LogP contribution in [0, 0.1) is 12.7 Å². The summed E-state index contributed by atoms with van der Waals surface area (Å²) in [4.78, 5) is 0.0782. The lowest BCUT2D eigenvalue weighted by Crippen LogP contribution is -2.09. The Morgan fingerprint density at radius 1 is 1.14 bits per heavy atom. The number of sulfone groups is 1. The number of rotatable bonds is 3. The largest absolute Gasteiger partial charge is 0.488 e. The lowest BCUT2D eigenvalue weighted by atomic mass is 10.2. The molecule has 0 aliphatic carbocycles. The van der Waals surface area contributed by atoms with Gasteiger partial charge in [-0.25, -0.2) is 12.8 Å². The van der Waals surface area contributed by atoms with Crippen molar-refractivity contribution in [3.05, 3.63) is 64.3 Å². The summed E-state index contributed by atoms with van der Waals surface area (Å²) < 4.78 is 43.8. The van der Waals surface area contributed by atoms with E-state index < -0.39 is 15.7 Å². The Hall–Kier alpha value is -2.14. The van der Waals surface area contributed by atoms with Crippen LogP contribution < -0.4 is 4.74 Å². The van der Waals surface area contributed by atoms with Crippen molar-refractivity contribution >= 4 is 15.9 Å². The molecule has 0 atom stereocenters. The van der Waals surface area contributed by atoms with Gasteiger partial charge in [-0.15, -0.1) is 0 Å². The van der Waals surface area contributed by atoms with Gasteiger partial charge in [0.25, 0.3) is 0 Å². The summed E-state index contributed by atoms with van der Waals surface area (Å²) in [6, 6.07) is 11.4. The van der Waals surface area contributed by atoms with E-state index in [0.29, 0.717) is 5.75 Å². The van der Waals surface area contributed by atoms with E-state index >= 15 is 0 Å². The maximum Gasteiger partial charge on any atom is 0.206 e. The predicted molar refractivity (Wildman–Crippen MR) is 78.2 cm³/mol. The Morgan fingerprint density at radius 3 is 2.62 bits per heavy atom. The third kappa shape index (κ3) is 2.45.